The van der Waals surface area contributed by atoms with Crippen LogP contribution in [0.5, 0.6) is 11.5 Å². The van der Waals surface area contributed by atoms with Crippen molar-refractivity contribution in [2.24, 2.45) is 16.5 Å². The van der Waals surface area contributed by atoms with Crippen molar-refractivity contribution in [3.8, 4) is 11.5 Å². The van der Waals surface area contributed by atoms with Gasteiger partial charge in [-0.25, -0.2) is 23.1 Å². The fourth-order valence-electron chi connectivity index (χ4n) is 10.8. The number of amides is 1. The number of carbonyl (C=O) groups excluding carboxylic acids is 1. The third-order valence-electron chi connectivity index (χ3n) is 14.7. The third kappa shape index (κ3) is 8.67. The molecule has 2 aliphatic heterocycles. The summed E-state index contributed by atoms with van der Waals surface area (Å²) < 4.78 is 35.9. The zero-order valence-corrected chi connectivity index (χ0v) is 36.6. The molecule has 5 fully saturated rings. The topological polar surface area (TPSA) is 182 Å². The predicted molar refractivity (Wildman–Crippen MR) is 242 cm³/mol. The number of carbonyl (C=O) groups is 1. The van der Waals surface area contributed by atoms with Crippen molar-refractivity contribution >= 4 is 44.2 Å². The Morgan fingerprint density at radius 1 is 0.937 bits per heavy atom. The van der Waals surface area contributed by atoms with E-state index in [4.69, 9.17) is 4.74 Å². The van der Waals surface area contributed by atoms with Crippen LogP contribution >= 0.6 is 0 Å². The van der Waals surface area contributed by atoms with Crippen molar-refractivity contribution in [1.82, 2.24) is 24.6 Å². The largest absolute Gasteiger partial charge is 0.455 e. The molecule has 0 unspecified atom stereocenters. The quantitative estimate of drug-likeness (QED) is 0.0831. The average molecular weight is 873 g/mol. The molecule has 0 radical (unpaired) electrons. The standard InChI is InChI=1S/C48H56N8O6S/c1-47(58)16-13-31(14-17-47)26-50-45-41(53-59)25-36(28-52-45)63(60,61)54-46(57)40-12-11-34(24-43(40)62-35-23-33-15-20-49-44(33)51-27-35)55-21-18-48(19-22-55)29-56(30-48)42-8-4-7-39(42)38-6-3-2-5-37(38)32-9-10-32/h2-3,5-6,11-12,15,20,23-25,27-28,31-32,39,42,58H,4,7-10,13-14,16-19,21-22,26,29-30H2,1H3,(H,49,51)(H,50,52)(H,54,57)/t31?,39-,42+,47?/m1/s1. The van der Waals surface area contributed by atoms with E-state index in [0.29, 0.717) is 48.2 Å². The third-order valence-corrected chi connectivity index (χ3v) is 16.0. The highest BCUT2D eigenvalue weighted by molar-refractivity contribution is 7.90. The molecule has 15 heteroatoms. The highest BCUT2D eigenvalue weighted by Crippen LogP contribution is 2.51. The molecule has 14 nitrogen and oxygen atoms in total. The van der Waals surface area contributed by atoms with Crippen LogP contribution in [0.1, 0.15) is 111 Å². The van der Waals surface area contributed by atoms with E-state index in [2.05, 4.69) is 64.2 Å². The van der Waals surface area contributed by atoms with Gasteiger partial charge in [0.2, 0.25) is 0 Å². The number of benzene rings is 2. The summed E-state index contributed by atoms with van der Waals surface area (Å²) in [5.41, 5.74) is 4.21. The number of likely N-dealkylation sites (tertiary alicyclic amines) is 1. The Morgan fingerprint density at radius 3 is 2.48 bits per heavy atom. The van der Waals surface area contributed by atoms with Crippen molar-refractivity contribution in [2.75, 3.05) is 42.9 Å². The maximum absolute atomic E-state index is 13.9. The zero-order valence-electron chi connectivity index (χ0n) is 35.8. The van der Waals surface area contributed by atoms with Gasteiger partial charge in [0, 0.05) is 68.3 Å². The van der Waals surface area contributed by atoms with E-state index < -0.39 is 21.5 Å². The fraction of sp³-hybridized carbons (Fsp3) is 0.479. The normalized spacial score (nSPS) is 24.9. The van der Waals surface area contributed by atoms with Gasteiger partial charge in [-0.1, -0.05) is 30.7 Å². The van der Waals surface area contributed by atoms with Crippen LogP contribution < -0.4 is 19.7 Å². The number of nitrogens with zero attached hydrogens (tertiary/aromatic N) is 5. The van der Waals surface area contributed by atoms with Crippen molar-refractivity contribution in [3.05, 3.63) is 101 Å². The van der Waals surface area contributed by atoms with E-state index in [-0.39, 0.29) is 33.6 Å². The zero-order chi connectivity index (χ0) is 43.3. The lowest BCUT2D eigenvalue weighted by Gasteiger charge is -2.57. The minimum Gasteiger partial charge on any atom is -0.455 e. The van der Waals surface area contributed by atoms with E-state index in [0.717, 1.165) is 81.1 Å². The van der Waals surface area contributed by atoms with Gasteiger partial charge >= 0.3 is 0 Å². The van der Waals surface area contributed by atoms with Crippen LogP contribution in [0.15, 0.2) is 89.3 Å². The summed E-state index contributed by atoms with van der Waals surface area (Å²) in [7, 11) is -4.49. The molecule has 5 aromatic rings. The van der Waals surface area contributed by atoms with Crippen LogP contribution in [0.2, 0.25) is 0 Å². The number of aromatic amines is 1. The van der Waals surface area contributed by atoms with Crippen LogP contribution in [-0.4, -0.2) is 83.7 Å². The molecule has 3 aliphatic carbocycles. The summed E-state index contributed by atoms with van der Waals surface area (Å²) in [4.78, 5) is 42.3. The highest BCUT2D eigenvalue weighted by Gasteiger charge is 2.49. The number of H-pyrrole nitrogens is 1. The van der Waals surface area contributed by atoms with Crippen LogP contribution in [0.25, 0.3) is 11.0 Å². The van der Waals surface area contributed by atoms with E-state index in [1.807, 2.05) is 25.1 Å². The van der Waals surface area contributed by atoms with Gasteiger partial charge in [0.05, 0.1) is 17.4 Å². The van der Waals surface area contributed by atoms with Gasteiger partial charge in [0.25, 0.3) is 15.9 Å². The summed E-state index contributed by atoms with van der Waals surface area (Å²) in [6.45, 7) is 6.31. The van der Waals surface area contributed by atoms with Crippen LogP contribution in [0.4, 0.5) is 17.2 Å². The summed E-state index contributed by atoms with van der Waals surface area (Å²) >= 11 is 0. The van der Waals surface area contributed by atoms with Gasteiger partial charge in [0.1, 0.15) is 22.0 Å². The first-order valence-electron chi connectivity index (χ1n) is 22.6. The molecule has 2 atom stereocenters. The molecule has 10 rings (SSSR count). The van der Waals surface area contributed by atoms with Crippen molar-refractivity contribution in [2.45, 2.75) is 106 Å². The van der Waals surface area contributed by atoms with E-state index in [9.17, 15) is 23.2 Å². The first-order chi connectivity index (χ1) is 30.4. The number of ether oxygens (including phenoxy) is 1. The average Bonchev–Trinajstić information content (AvgIpc) is 3.82. The number of hydrogen-bond donors (Lipinski definition) is 4. The summed E-state index contributed by atoms with van der Waals surface area (Å²) in [6.07, 6.45) is 16.0. The van der Waals surface area contributed by atoms with Crippen LogP contribution in [0, 0.1) is 16.2 Å². The Balaban J connectivity index is 0.826. The van der Waals surface area contributed by atoms with Crippen molar-refractivity contribution < 1.29 is 23.1 Å². The monoisotopic (exact) mass is 872 g/mol. The number of fused-ring (bicyclic) bond motifs is 1. The number of nitrogens with one attached hydrogen (secondary N) is 3. The first kappa shape index (κ1) is 41.6. The lowest BCUT2D eigenvalue weighted by atomic mass is 9.70. The molecule has 0 bridgehead atoms. The molecule has 2 aromatic carbocycles. The summed E-state index contributed by atoms with van der Waals surface area (Å²) in [6, 6.07) is 19.9. The summed E-state index contributed by atoms with van der Waals surface area (Å²) in [5.74, 6) is 1.46. The molecule has 330 valence electrons. The molecule has 5 heterocycles. The Hall–Kier alpha value is -5.38. The number of anilines is 2. The SMILES string of the molecule is CC1(O)CCC(CNc2ncc(S(=O)(=O)NC(=O)c3ccc(N4CCC5(CC4)CN([C@H]4CCC[C@@H]4c4ccccc4C4CC4)C5)cc3Oc3cnc4[nH]ccc4c3)cc2N=O)CC1. The molecule has 4 N–H and O–H groups in total. The minimum absolute atomic E-state index is 0.0143. The second-order valence-corrected chi connectivity index (χ2v) is 20.8. The molecule has 1 amide bonds. The molecule has 3 aromatic heterocycles. The number of hydrogen-bond acceptors (Lipinski definition) is 12. The van der Waals surface area contributed by atoms with E-state index in [1.54, 1.807) is 35.7 Å². The number of sulfonamides is 1. The maximum atomic E-state index is 13.9. The molecule has 5 aliphatic rings. The lowest BCUT2D eigenvalue weighted by molar-refractivity contribution is -0.0493. The van der Waals surface area contributed by atoms with Crippen LogP contribution in [-0.2, 0) is 10.0 Å². The van der Waals surface area contributed by atoms with Gasteiger partial charge < -0.3 is 25.0 Å². The number of piperidine rings is 1. The fourth-order valence-corrected chi connectivity index (χ4v) is 11.7. The molecule has 1 spiro atoms. The van der Waals surface area contributed by atoms with Gasteiger partial charge in [0.15, 0.2) is 11.5 Å². The van der Waals surface area contributed by atoms with Gasteiger partial charge in [-0.15, -0.1) is 4.91 Å². The van der Waals surface area contributed by atoms with Gasteiger partial charge in [-0.3, -0.25) is 9.69 Å². The molecular weight excluding hydrogens is 817 g/mol. The Bertz CT molecular complexity index is 2620. The Kier molecular flexibility index (Phi) is 11.0. The lowest BCUT2D eigenvalue weighted by Crippen LogP contribution is -2.63. The molecular formula is C48H56N8O6S. The number of nitroso groups, excluding NO2 is 1. The number of aliphatic hydroxyl groups is 1. The minimum atomic E-state index is -4.49. The Morgan fingerprint density at radius 2 is 1.71 bits per heavy atom. The van der Waals surface area contributed by atoms with Crippen LogP contribution in [0.3, 0.4) is 0 Å². The molecule has 3 saturated carbocycles. The predicted octanol–water partition coefficient (Wildman–Crippen LogP) is 8.74. The van der Waals surface area contributed by atoms with Crippen molar-refractivity contribution in [1.29, 1.82) is 0 Å². The maximum Gasteiger partial charge on any atom is 0.268 e. The van der Waals surface area contributed by atoms with Gasteiger partial charge in [-0.2, -0.15) is 0 Å². The molecule has 63 heavy (non-hydrogen) atoms. The Labute approximate surface area is 368 Å². The number of pyridine rings is 2. The van der Waals surface area contributed by atoms with E-state index in [1.165, 1.54) is 32.1 Å². The van der Waals surface area contributed by atoms with Crippen molar-refractivity contribution in [3.63, 3.8) is 0 Å². The van der Waals surface area contributed by atoms with Gasteiger partial charge in [-0.05, 0) is 141 Å². The highest BCUT2D eigenvalue weighted by atomic mass is 32.2. The second-order valence-electron chi connectivity index (χ2n) is 19.2. The number of rotatable bonds is 13. The summed E-state index contributed by atoms with van der Waals surface area (Å²) in [5, 5.41) is 17.3. The van der Waals surface area contributed by atoms with E-state index >= 15 is 0 Å². The second kappa shape index (κ2) is 16.6. The molecule has 2 saturated heterocycles. The number of aromatic nitrogens is 3. The smallest absolute Gasteiger partial charge is 0.268 e. The first-order valence-corrected chi connectivity index (χ1v) is 24.1.